The van der Waals surface area contributed by atoms with Crippen molar-refractivity contribution in [1.29, 1.82) is 0 Å². The Morgan fingerprint density at radius 1 is 1.47 bits per heavy atom. The van der Waals surface area contributed by atoms with Gasteiger partial charge in [-0.25, -0.2) is 0 Å². The molecule has 0 spiro atoms. The number of Topliss-reactive ketones (excluding diaryl/α,β-unsaturated/α-hetero) is 1. The Hall–Kier alpha value is -1.92. The van der Waals surface area contributed by atoms with Gasteiger partial charge in [0.05, 0.1) is 6.26 Å². The van der Waals surface area contributed by atoms with Crippen molar-refractivity contribution in [3.8, 4) is 0 Å². The van der Waals surface area contributed by atoms with Crippen LogP contribution in [0.5, 0.6) is 0 Å². The van der Waals surface area contributed by atoms with Gasteiger partial charge in [0.15, 0.2) is 11.5 Å². The van der Waals surface area contributed by atoms with Crippen molar-refractivity contribution in [1.82, 2.24) is 4.90 Å². The predicted molar refractivity (Wildman–Crippen MR) is 51.9 cm³/mol. The molecule has 0 radical (unpaired) electrons. The minimum Gasteiger partial charge on any atom is -0.461 e. The van der Waals surface area contributed by atoms with Crippen LogP contribution in [0.25, 0.3) is 0 Å². The van der Waals surface area contributed by atoms with Gasteiger partial charge in [-0.15, -0.1) is 13.2 Å². The maximum Gasteiger partial charge on any atom is 0.573 e. The summed E-state index contributed by atoms with van der Waals surface area (Å²) in [7, 11) is 2.93. The first-order valence-electron chi connectivity index (χ1n) is 4.52. The van der Waals surface area contributed by atoms with Crippen molar-refractivity contribution < 1.29 is 27.1 Å². The van der Waals surface area contributed by atoms with Gasteiger partial charge >= 0.3 is 6.36 Å². The molecule has 0 atom stereocenters. The molecule has 17 heavy (non-hydrogen) atoms. The van der Waals surface area contributed by atoms with Crippen LogP contribution < -0.4 is 0 Å². The lowest BCUT2D eigenvalue weighted by Crippen LogP contribution is -2.20. The second kappa shape index (κ2) is 4.94. The summed E-state index contributed by atoms with van der Waals surface area (Å²) < 4.78 is 44.6. The minimum absolute atomic E-state index is 0.220. The van der Waals surface area contributed by atoms with Gasteiger partial charge in [0.25, 0.3) is 5.78 Å². The second-order valence-electron chi connectivity index (χ2n) is 3.31. The maximum atomic E-state index is 12.1. The molecule has 1 heterocycles. The minimum atomic E-state index is -4.93. The van der Waals surface area contributed by atoms with E-state index in [-0.39, 0.29) is 5.76 Å². The van der Waals surface area contributed by atoms with E-state index < -0.39 is 17.9 Å². The maximum absolute atomic E-state index is 12.1. The van der Waals surface area contributed by atoms with E-state index in [0.717, 1.165) is 6.20 Å². The zero-order chi connectivity index (χ0) is 13.1. The lowest BCUT2D eigenvalue weighted by atomic mass is 10.2. The van der Waals surface area contributed by atoms with Crippen molar-refractivity contribution >= 4 is 5.78 Å². The lowest BCUT2D eigenvalue weighted by molar-refractivity contribution is -0.303. The highest BCUT2D eigenvalue weighted by Gasteiger charge is 2.35. The van der Waals surface area contributed by atoms with Crippen LogP contribution in [0.15, 0.2) is 34.8 Å². The zero-order valence-electron chi connectivity index (χ0n) is 9.12. The zero-order valence-corrected chi connectivity index (χ0v) is 9.12. The highest BCUT2D eigenvalue weighted by atomic mass is 19.4. The quantitative estimate of drug-likeness (QED) is 0.467. The third-order valence-corrected chi connectivity index (χ3v) is 1.57. The van der Waals surface area contributed by atoms with Crippen LogP contribution in [0.3, 0.4) is 0 Å². The summed E-state index contributed by atoms with van der Waals surface area (Å²) in [6.07, 6.45) is -2.81. The van der Waals surface area contributed by atoms with Crippen LogP contribution in [0.2, 0.25) is 0 Å². The van der Waals surface area contributed by atoms with E-state index in [1.807, 2.05) is 0 Å². The fourth-order valence-corrected chi connectivity index (χ4v) is 1.02. The Morgan fingerprint density at radius 2 is 2.12 bits per heavy atom. The number of nitrogens with zero attached hydrogens (tertiary/aromatic N) is 1. The number of allylic oxidation sites excluding steroid dienone is 1. The molecule has 0 unspecified atom stereocenters. The number of ketones is 1. The van der Waals surface area contributed by atoms with Crippen LogP contribution in [-0.2, 0) is 4.74 Å². The van der Waals surface area contributed by atoms with Crippen molar-refractivity contribution in [2.75, 3.05) is 14.1 Å². The Balaban J connectivity index is 2.96. The van der Waals surface area contributed by atoms with Crippen LogP contribution in [-0.4, -0.2) is 31.1 Å². The van der Waals surface area contributed by atoms with Crippen molar-refractivity contribution in [2.24, 2.45) is 0 Å². The first kappa shape index (κ1) is 13.1. The molecule has 7 heteroatoms. The summed E-state index contributed by atoms with van der Waals surface area (Å²) in [4.78, 5) is 12.9. The number of hydrogen-bond acceptors (Lipinski definition) is 4. The molecule has 1 rings (SSSR count). The summed E-state index contributed by atoms with van der Waals surface area (Å²) in [5.74, 6) is -2.04. The highest BCUT2D eigenvalue weighted by molar-refractivity contribution is 6.05. The second-order valence-corrected chi connectivity index (χ2v) is 3.31. The van der Waals surface area contributed by atoms with Crippen molar-refractivity contribution in [2.45, 2.75) is 6.36 Å². The molecule has 0 aliphatic rings. The van der Waals surface area contributed by atoms with Gasteiger partial charge in [-0.3, -0.25) is 4.79 Å². The summed E-state index contributed by atoms with van der Waals surface area (Å²) in [5, 5.41) is 0. The van der Waals surface area contributed by atoms with Crippen LogP contribution in [0.1, 0.15) is 10.6 Å². The fourth-order valence-electron chi connectivity index (χ4n) is 1.02. The predicted octanol–water partition coefficient (Wildman–Crippen LogP) is 2.40. The van der Waals surface area contributed by atoms with Crippen molar-refractivity contribution in [3.05, 3.63) is 36.1 Å². The van der Waals surface area contributed by atoms with Crippen LogP contribution >= 0.6 is 0 Å². The number of halogens is 3. The lowest BCUT2D eigenvalue weighted by Gasteiger charge is -2.13. The molecule has 4 nitrogen and oxygen atoms in total. The molecule has 0 aliphatic heterocycles. The molecular weight excluding hydrogens is 239 g/mol. The number of alkyl halides is 3. The van der Waals surface area contributed by atoms with Gasteiger partial charge in [0.1, 0.15) is 0 Å². The largest absolute Gasteiger partial charge is 0.573 e. The number of carbonyl (C=O) groups is 1. The molecule has 0 bridgehead atoms. The molecule has 0 aromatic carbocycles. The van der Waals surface area contributed by atoms with Crippen LogP contribution in [0.4, 0.5) is 13.2 Å². The molecule has 1 aromatic heterocycles. The van der Waals surface area contributed by atoms with E-state index >= 15 is 0 Å². The van der Waals surface area contributed by atoms with Crippen LogP contribution in [0, 0.1) is 0 Å². The SMILES string of the molecule is CN(C)/C=C(/OC(F)(F)F)C(=O)c1ccco1. The molecule has 0 aliphatic carbocycles. The molecule has 0 fully saturated rings. The number of carbonyl (C=O) groups excluding carboxylic acids is 1. The molecular formula is C10H10F3NO3. The molecule has 0 N–H and O–H groups in total. The average molecular weight is 249 g/mol. The Morgan fingerprint density at radius 3 is 2.53 bits per heavy atom. The topological polar surface area (TPSA) is 42.7 Å². The van der Waals surface area contributed by atoms with Gasteiger partial charge < -0.3 is 14.1 Å². The average Bonchev–Trinajstić information content (AvgIpc) is 2.65. The van der Waals surface area contributed by atoms with E-state index in [0.29, 0.717) is 0 Å². The molecule has 0 saturated heterocycles. The summed E-state index contributed by atoms with van der Waals surface area (Å²) in [6.45, 7) is 0. The van der Waals surface area contributed by atoms with E-state index in [4.69, 9.17) is 4.42 Å². The van der Waals surface area contributed by atoms with E-state index in [1.54, 1.807) is 0 Å². The van der Waals surface area contributed by atoms with Gasteiger partial charge in [-0.05, 0) is 12.1 Å². The van der Waals surface area contributed by atoms with E-state index in [1.165, 1.54) is 37.4 Å². The van der Waals surface area contributed by atoms with Gasteiger partial charge in [-0.2, -0.15) is 0 Å². The fraction of sp³-hybridized carbons (Fsp3) is 0.300. The summed E-state index contributed by atoms with van der Waals surface area (Å²) in [5.41, 5.74) is 0. The Kier molecular flexibility index (Phi) is 3.82. The summed E-state index contributed by atoms with van der Waals surface area (Å²) >= 11 is 0. The Bertz CT molecular complexity index is 407. The highest BCUT2D eigenvalue weighted by Crippen LogP contribution is 2.23. The van der Waals surface area contributed by atoms with Crippen molar-refractivity contribution in [3.63, 3.8) is 0 Å². The molecule has 94 valence electrons. The summed E-state index contributed by atoms with van der Waals surface area (Å²) in [6, 6.07) is 2.65. The number of furan rings is 1. The first-order valence-corrected chi connectivity index (χ1v) is 4.52. The number of rotatable bonds is 4. The van der Waals surface area contributed by atoms with Gasteiger partial charge in [0.2, 0.25) is 0 Å². The molecule has 0 amide bonds. The third kappa shape index (κ3) is 4.21. The van der Waals surface area contributed by atoms with E-state index in [2.05, 4.69) is 4.74 Å². The standard InChI is InChI=1S/C10H10F3NO3/c1-14(2)6-8(17-10(11,12)13)9(15)7-4-3-5-16-7/h3-6H,1-2H3/b8-6+. The smallest absolute Gasteiger partial charge is 0.461 e. The first-order chi connectivity index (χ1) is 7.79. The van der Waals surface area contributed by atoms with E-state index in [9.17, 15) is 18.0 Å². The monoisotopic (exact) mass is 249 g/mol. The Labute approximate surface area is 95.3 Å². The normalized spacial score (nSPS) is 12.4. The van der Waals surface area contributed by atoms with Gasteiger partial charge in [0, 0.05) is 20.3 Å². The molecule has 1 aromatic rings. The third-order valence-electron chi connectivity index (χ3n) is 1.57. The number of ether oxygens (including phenoxy) is 1. The number of hydrogen-bond donors (Lipinski definition) is 0. The van der Waals surface area contributed by atoms with Gasteiger partial charge in [-0.1, -0.05) is 0 Å². The molecule has 0 saturated carbocycles.